The lowest BCUT2D eigenvalue weighted by Crippen LogP contribution is -2.47. The lowest BCUT2D eigenvalue weighted by Gasteiger charge is -2.33. The number of likely N-dealkylation sites (N-methyl/N-ethyl adjacent to an activating group) is 1. The maximum absolute atomic E-state index is 12.8. The van der Waals surface area contributed by atoms with Crippen LogP contribution in [-0.2, 0) is 0 Å². The van der Waals surface area contributed by atoms with E-state index in [-0.39, 0.29) is 5.91 Å². The quantitative estimate of drug-likeness (QED) is 0.837. The molecule has 2 aliphatic rings. The Labute approximate surface area is 131 Å². The fourth-order valence-electron chi connectivity index (χ4n) is 3.81. The van der Waals surface area contributed by atoms with E-state index < -0.39 is 0 Å². The van der Waals surface area contributed by atoms with E-state index in [0.717, 1.165) is 25.9 Å². The van der Waals surface area contributed by atoms with Crippen LogP contribution in [0.5, 0.6) is 0 Å². The molecule has 3 rings (SSSR count). The van der Waals surface area contributed by atoms with E-state index in [1.54, 1.807) is 19.1 Å². The summed E-state index contributed by atoms with van der Waals surface area (Å²) in [6, 6.07) is 6.26. The van der Waals surface area contributed by atoms with Gasteiger partial charge in [0.1, 0.15) is 11.8 Å². The van der Waals surface area contributed by atoms with Gasteiger partial charge in [-0.25, -0.2) is 4.98 Å². The van der Waals surface area contributed by atoms with Crippen molar-refractivity contribution in [1.82, 2.24) is 14.8 Å². The molecule has 0 saturated carbocycles. The van der Waals surface area contributed by atoms with Gasteiger partial charge in [0, 0.05) is 18.6 Å². The topological polar surface area (TPSA) is 60.2 Å². The molecule has 0 spiro atoms. The molecule has 5 nitrogen and oxygen atoms in total. The van der Waals surface area contributed by atoms with Gasteiger partial charge in [0.2, 0.25) is 0 Å². The van der Waals surface area contributed by atoms with Crippen LogP contribution in [0.15, 0.2) is 12.1 Å². The number of amides is 1. The van der Waals surface area contributed by atoms with Gasteiger partial charge in [-0.15, -0.1) is 0 Å². The minimum absolute atomic E-state index is 0.00962. The molecule has 0 unspecified atom stereocenters. The lowest BCUT2D eigenvalue weighted by molar-refractivity contribution is 0.0658. The number of carbonyl (C=O) groups excluding carboxylic acids is 1. The Bertz CT molecular complexity index is 622. The molecule has 1 aromatic rings. The molecule has 5 heteroatoms. The molecular weight excluding hydrogens is 276 g/mol. The van der Waals surface area contributed by atoms with Crippen molar-refractivity contribution in [3.8, 4) is 6.07 Å². The molecule has 116 valence electrons. The smallest absolute Gasteiger partial charge is 0.272 e. The van der Waals surface area contributed by atoms with Gasteiger partial charge in [-0.1, -0.05) is 0 Å². The first-order valence-corrected chi connectivity index (χ1v) is 8.01. The average Bonchev–Trinajstić information content (AvgIpc) is 3.14. The monoisotopic (exact) mass is 298 g/mol. The third kappa shape index (κ3) is 2.59. The van der Waals surface area contributed by atoms with E-state index in [9.17, 15) is 4.79 Å². The van der Waals surface area contributed by atoms with Gasteiger partial charge < -0.3 is 9.80 Å². The van der Waals surface area contributed by atoms with Crippen molar-refractivity contribution in [3.63, 3.8) is 0 Å². The number of hydrogen-bond donors (Lipinski definition) is 0. The first kappa shape index (κ1) is 15.0. The summed E-state index contributed by atoms with van der Waals surface area (Å²) in [5.74, 6) is 0.00962. The Balaban J connectivity index is 1.82. The summed E-state index contributed by atoms with van der Waals surface area (Å²) in [5, 5.41) is 8.98. The first-order chi connectivity index (χ1) is 10.6. The third-order valence-corrected chi connectivity index (χ3v) is 5.01. The number of aryl methyl sites for hydroxylation is 1. The highest BCUT2D eigenvalue weighted by Crippen LogP contribution is 2.30. The SMILES string of the molecule is Cc1nc(C(=O)N2CCC[C@H]2[C@@H]2CCCN2C)ccc1C#N. The van der Waals surface area contributed by atoms with Crippen LogP contribution in [0.4, 0.5) is 0 Å². The Morgan fingerprint density at radius 2 is 2.00 bits per heavy atom. The highest BCUT2D eigenvalue weighted by atomic mass is 16.2. The van der Waals surface area contributed by atoms with Crippen molar-refractivity contribution in [2.45, 2.75) is 44.7 Å². The summed E-state index contributed by atoms with van der Waals surface area (Å²) in [6.45, 7) is 3.72. The summed E-state index contributed by atoms with van der Waals surface area (Å²) in [4.78, 5) is 21.6. The molecule has 0 aliphatic carbocycles. The van der Waals surface area contributed by atoms with E-state index in [4.69, 9.17) is 5.26 Å². The third-order valence-electron chi connectivity index (χ3n) is 5.01. The second kappa shape index (κ2) is 6.05. The highest BCUT2D eigenvalue weighted by Gasteiger charge is 2.38. The van der Waals surface area contributed by atoms with Gasteiger partial charge in [-0.2, -0.15) is 5.26 Å². The normalized spacial score (nSPS) is 25.4. The van der Waals surface area contributed by atoms with Gasteiger partial charge in [-0.05, 0) is 58.3 Å². The van der Waals surface area contributed by atoms with E-state index in [1.165, 1.54) is 12.8 Å². The van der Waals surface area contributed by atoms with Crippen molar-refractivity contribution >= 4 is 5.91 Å². The molecule has 1 amide bonds. The maximum Gasteiger partial charge on any atom is 0.272 e. The molecule has 0 radical (unpaired) electrons. The number of carbonyl (C=O) groups is 1. The van der Waals surface area contributed by atoms with Crippen LogP contribution in [0, 0.1) is 18.3 Å². The second-order valence-corrected chi connectivity index (χ2v) is 6.34. The van der Waals surface area contributed by atoms with Gasteiger partial charge >= 0.3 is 0 Å². The van der Waals surface area contributed by atoms with Crippen LogP contribution in [0.3, 0.4) is 0 Å². The number of pyridine rings is 1. The zero-order chi connectivity index (χ0) is 15.7. The van der Waals surface area contributed by atoms with Crippen molar-refractivity contribution in [2.75, 3.05) is 20.1 Å². The number of nitriles is 1. The molecule has 22 heavy (non-hydrogen) atoms. The molecule has 0 bridgehead atoms. The van der Waals surface area contributed by atoms with Gasteiger partial charge in [-0.3, -0.25) is 4.79 Å². The fourth-order valence-corrected chi connectivity index (χ4v) is 3.81. The molecule has 2 aliphatic heterocycles. The Morgan fingerprint density at radius 1 is 1.27 bits per heavy atom. The standard InChI is InChI=1S/C17H22N4O/c1-12-13(11-18)7-8-14(19-12)17(22)21-10-4-6-16(21)15-5-3-9-20(15)2/h7-8,15-16H,3-6,9-10H2,1-2H3/t15-,16-/m0/s1. The van der Waals surface area contributed by atoms with Crippen LogP contribution < -0.4 is 0 Å². The zero-order valence-electron chi connectivity index (χ0n) is 13.2. The minimum atomic E-state index is 0.00962. The van der Waals surface area contributed by atoms with E-state index in [0.29, 0.717) is 29.0 Å². The van der Waals surface area contributed by atoms with Crippen molar-refractivity contribution in [2.24, 2.45) is 0 Å². The summed E-state index contributed by atoms with van der Waals surface area (Å²) < 4.78 is 0. The van der Waals surface area contributed by atoms with Crippen molar-refractivity contribution in [3.05, 3.63) is 29.1 Å². The molecular formula is C17H22N4O. The summed E-state index contributed by atoms with van der Waals surface area (Å²) in [7, 11) is 2.16. The first-order valence-electron chi connectivity index (χ1n) is 8.01. The zero-order valence-corrected chi connectivity index (χ0v) is 13.2. The van der Waals surface area contributed by atoms with Crippen LogP contribution in [-0.4, -0.2) is 52.9 Å². The summed E-state index contributed by atoms with van der Waals surface area (Å²) in [6.07, 6.45) is 4.53. The number of hydrogen-bond acceptors (Lipinski definition) is 4. The predicted molar refractivity (Wildman–Crippen MR) is 83.4 cm³/mol. The molecule has 0 N–H and O–H groups in total. The fraction of sp³-hybridized carbons (Fsp3) is 0.588. The van der Waals surface area contributed by atoms with Gasteiger partial charge in [0.25, 0.3) is 5.91 Å². The number of aromatic nitrogens is 1. The van der Waals surface area contributed by atoms with E-state index in [1.807, 2.05) is 4.90 Å². The number of nitrogens with zero attached hydrogens (tertiary/aromatic N) is 4. The Kier molecular flexibility index (Phi) is 4.12. The highest BCUT2D eigenvalue weighted by molar-refractivity contribution is 5.93. The molecule has 1 aromatic heterocycles. The lowest BCUT2D eigenvalue weighted by atomic mass is 10.0. The van der Waals surface area contributed by atoms with E-state index >= 15 is 0 Å². The van der Waals surface area contributed by atoms with Crippen LogP contribution in [0.2, 0.25) is 0 Å². The van der Waals surface area contributed by atoms with Gasteiger partial charge in [0.15, 0.2) is 0 Å². The molecule has 2 atom stereocenters. The molecule has 3 heterocycles. The molecule has 2 fully saturated rings. The second-order valence-electron chi connectivity index (χ2n) is 6.34. The molecule has 0 aromatic carbocycles. The minimum Gasteiger partial charge on any atom is -0.333 e. The molecule has 2 saturated heterocycles. The largest absolute Gasteiger partial charge is 0.333 e. The Morgan fingerprint density at radius 3 is 2.64 bits per heavy atom. The van der Waals surface area contributed by atoms with E-state index in [2.05, 4.69) is 23.0 Å². The maximum atomic E-state index is 12.8. The number of rotatable bonds is 2. The Hall–Kier alpha value is -1.93. The summed E-state index contributed by atoms with van der Waals surface area (Å²) in [5.41, 5.74) is 1.62. The van der Waals surface area contributed by atoms with Crippen molar-refractivity contribution < 1.29 is 4.79 Å². The number of likely N-dealkylation sites (tertiary alicyclic amines) is 2. The van der Waals surface area contributed by atoms with Crippen LogP contribution in [0.25, 0.3) is 0 Å². The predicted octanol–water partition coefficient (Wildman–Crippen LogP) is 1.96. The average molecular weight is 298 g/mol. The van der Waals surface area contributed by atoms with Crippen LogP contribution in [0.1, 0.15) is 47.4 Å². The van der Waals surface area contributed by atoms with Crippen LogP contribution >= 0.6 is 0 Å². The van der Waals surface area contributed by atoms with Gasteiger partial charge in [0.05, 0.1) is 11.3 Å². The van der Waals surface area contributed by atoms with Crippen molar-refractivity contribution in [1.29, 1.82) is 5.26 Å². The summed E-state index contributed by atoms with van der Waals surface area (Å²) >= 11 is 0.